The summed E-state index contributed by atoms with van der Waals surface area (Å²) in [6.07, 6.45) is -10.1. The second-order valence-corrected chi connectivity index (χ2v) is 3.80. The van der Waals surface area contributed by atoms with Gasteiger partial charge in [-0.1, -0.05) is 0 Å². The zero-order valence-corrected chi connectivity index (χ0v) is 11.0. The Morgan fingerprint density at radius 1 is 1.27 bits per heavy atom. The molecule has 5 nitrogen and oxygen atoms in total. The van der Waals surface area contributed by atoms with Crippen molar-refractivity contribution >= 4 is 5.97 Å². The third kappa shape index (κ3) is 4.23. The lowest BCUT2D eigenvalue weighted by atomic mass is 10.1. The summed E-state index contributed by atoms with van der Waals surface area (Å²) >= 11 is 0. The Bertz CT molecular complexity index is 556. The number of halogens is 6. The van der Waals surface area contributed by atoms with E-state index in [1.165, 1.54) is 6.92 Å². The van der Waals surface area contributed by atoms with Crippen molar-refractivity contribution in [3.8, 4) is 5.75 Å². The summed E-state index contributed by atoms with van der Waals surface area (Å²) in [4.78, 5) is 14.6. The number of alkyl halides is 6. The third-order valence-corrected chi connectivity index (χ3v) is 2.33. The van der Waals surface area contributed by atoms with Crippen LogP contribution in [0.2, 0.25) is 0 Å². The topological polar surface area (TPSA) is 74.4 Å². The van der Waals surface area contributed by atoms with Gasteiger partial charge in [-0.25, -0.2) is 9.78 Å². The number of carbonyl (C=O) groups is 1. The van der Waals surface area contributed by atoms with Gasteiger partial charge in [0.05, 0.1) is 12.2 Å². The minimum Gasteiger partial charge on any atom is -0.461 e. The molecule has 0 radical (unpaired) electrons. The van der Waals surface area contributed by atoms with E-state index in [0.29, 0.717) is 0 Å². The van der Waals surface area contributed by atoms with E-state index in [0.717, 1.165) is 0 Å². The van der Waals surface area contributed by atoms with E-state index in [-0.39, 0.29) is 12.8 Å². The number of aromatic nitrogens is 1. The number of nitrogens with two attached hydrogens (primary N) is 1. The maximum Gasteiger partial charge on any atom is 0.573 e. The minimum absolute atomic E-state index is 0.206. The van der Waals surface area contributed by atoms with Crippen LogP contribution in [0, 0.1) is 0 Å². The van der Waals surface area contributed by atoms with E-state index in [1.807, 2.05) is 0 Å². The molecule has 1 aromatic heterocycles. The summed E-state index contributed by atoms with van der Waals surface area (Å²) in [5, 5.41) is 0. The Labute approximate surface area is 120 Å². The molecule has 0 saturated carbocycles. The molecule has 0 aliphatic carbocycles. The number of hydrogen-bond donors (Lipinski definition) is 1. The van der Waals surface area contributed by atoms with E-state index in [1.54, 1.807) is 0 Å². The summed E-state index contributed by atoms with van der Waals surface area (Å²) in [5.74, 6) is -2.77. The zero-order valence-electron chi connectivity index (χ0n) is 11.0. The van der Waals surface area contributed by atoms with Gasteiger partial charge in [-0.3, -0.25) is 0 Å². The van der Waals surface area contributed by atoms with Crippen LogP contribution < -0.4 is 10.5 Å². The molecule has 1 aromatic rings. The van der Waals surface area contributed by atoms with Gasteiger partial charge in [-0.05, 0) is 6.92 Å². The van der Waals surface area contributed by atoms with Crippen LogP contribution in [0.4, 0.5) is 26.3 Å². The molecule has 0 spiro atoms. The lowest BCUT2D eigenvalue weighted by molar-refractivity contribution is -0.275. The Morgan fingerprint density at radius 3 is 2.27 bits per heavy atom. The summed E-state index contributed by atoms with van der Waals surface area (Å²) in [6.45, 7) is 0.191. The maximum atomic E-state index is 12.8. The van der Waals surface area contributed by atoms with Gasteiger partial charge in [0.25, 0.3) is 0 Å². The van der Waals surface area contributed by atoms with Gasteiger partial charge in [-0.15, -0.1) is 13.2 Å². The van der Waals surface area contributed by atoms with Crippen molar-refractivity contribution < 1.29 is 40.6 Å². The van der Waals surface area contributed by atoms with Crippen molar-refractivity contribution in [3.05, 3.63) is 23.0 Å². The first-order valence-corrected chi connectivity index (χ1v) is 5.73. The Kier molecular flexibility index (Phi) is 5.22. The summed E-state index contributed by atoms with van der Waals surface area (Å²) < 4.78 is 83.5. The molecule has 0 amide bonds. The largest absolute Gasteiger partial charge is 0.573 e. The molecule has 0 saturated heterocycles. The van der Waals surface area contributed by atoms with Crippen LogP contribution in [-0.4, -0.2) is 23.9 Å². The Balaban J connectivity index is 3.56. The molecule has 0 aromatic carbocycles. The van der Waals surface area contributed by atoms with E-state index in [9.17, 15) is 31.1 Å². The number of nitrogens with zero attached hydrogens (tertiary/aromatic N) is 1. The summed E-state index contributed by atoms with van der Waals surface area (Å²) in [6, 6.07) is 0. The van der Waals surface area contributed by atoms with Crippen molar-refractivity contribution in [2.45, 2.75) is 26.0 Å². The summed E-state index contributed by atoms with van der Waals surface area (Å²) in [7, 11) is 0. The molecule has 0 aliphatic rings. The second-order valence-electron chi connectivity index (χ2n) is 3.80. The molecular formula is C11H10F6N2O3. The smallest absolute Gasteiger partial charge is 0.461 e. The van der Waals surface area contributed by atoms with Gasteiger partial charge >= 0.3 is 18.5 Å². The van der Waals surface area contributed by atoms with Gasteiger partial charge in [0.15, 0.2) is 11.4 Å². The monoisotopic (exact) mass is 332 g/mol. The predicted octanol–water partition coefficient (Wildman–Crippen LogP) is 2.63. The minimum atomic E-state index is -5.34. The van der Waals surface area contributed by atoms with Crippen molar-refractivity contribution in [2.75, 3.05) is 6.61 Å². The molecular weight excluding hydrogens is 322 g/mol. The molecule has 22 heavy (non-hydrogen) atoms. The van der Waals surface area contributed by atoms with Crippen LogP contribution in [0.25, 0.3) is 0 Å². The molecule has 2 N–H and O–H groups in total. The van der Waals surface area contributed by atoms with Crippen LogP contribution in [-0.2, 0) is 17.5 Å². The maximum absolute atomic E-state index is 12.8. The molecule has 1 heterocycles. The third-order valence-electron chi connectivity index (χ3n) is 2.33. The number of pyridine rings is 1. The average molecular weight is 332 g/mol. The number of rotatable bonds is 4. The highest BCUT2D eigenvalue weighted by molar-refractivity contribution is 5.91. The number of hydrogen-bond acceptors (Lipinski definition) is 5. The second kappa shape index (κ2) is 6.38. The Hall–Kier alpha value is -2.04. The highest BCUT2D eigenvalue weighted by Crippen LogP contribution is 2.38. The highest BCUT2D eigenvalue weighted by Gasteiger charge is 2.40. The average Bonchev–Trinajstić information content (AvgIpc) is 2.35. The van der Waals surface area contributed by atoms with Crippen LogP contribution in [0.5, 0.6) is 5.75 Å². The van der Waals surface area contributed by atoms with Gasteiger partial charge in [0, 0.05) is 18.3 Å². The molecule has 0 bridgehead atoms. The first kappa shape index (κ1) is 18.0. The van der Waals surface area contributed by atoms with E-state index >= 15 is 0 Å². The number of carbonyl (C=O) groups excluding carboxylic acids is 1. The Morgan fingerprint density at radius 2 is 1.86 bits per heavy atom. The molecule has 0 atom stereocenters. The van der Waals surface area contributed by atoms with Crippen LogP contribution in [0.15, 0.2) is 6.20 Å². The van der Waals surface area contributed by atoms with Crippen molar-refractivity contribution in [1.82, 2.24) is 4.98 Å². The van der Waals surface area contributed by atoms with Gasteiger partial charge in [0.1, 0.15) is 0 Å². The molecule has 0 unspecified atom stereocenters. The first-order valence-electron chi connectivity index (χ1n) is 5.73. The normalized spacial score (nSPS) is 12.2. The molecule has 11 heteroatoms. The fourth-order valence-electron chi connectivity index (χ4n) is 1.55. The highest BCUT2D eigenvalue weighted by atomic mass is 19.4. The molecule has 0 aliphatic heterocycles. The van der Waals surface area contributed by atoms with Gasteiger partial charge < -0.3 is 15.2 Å². The van der Waals surface area contributed by atoms with E-state index < -0.39 is 47.6 Å². The molecule has 1 rings (SSSR count). The van der Waals surface area contributed by atoms with Crippen LogP contribution in [0.3, 0.4) is 0 Å². The fraction of sp³-hybridized carbons (Fsp3) is 0.455. The number of ether oxygens (including phenoxy) is 2. The first-order chi connectivity index (χ1) is 10.0. The van der Waals surface area contributed by atoms with Crippen LogP contribution >= 0.6 is 0 Å². The van der Waals surface area contributed by atoms with E-state index in [2.05, 4.69) is 14.5 Å². The van der Waals surface area contributed by atoms with Crippen LogP contribution in [0.1, 0.15) is 28.5 Å². The lowest BCUT2D eigenvalue weighted by Crippen LogP contribution is -2.24. The van der Waals surface area contributed by atoms with Gasteiger partial charge in [-0.2, -0.15) is 13.2 Å². The van der Waals surface area contributed by atoms with Crippen molar-refractivity contribution in [1.29, 1.82) is 0 Å². The molecule has 0 fully saturated rings. The predicted molar refractivity (Wildman–Crippen MR) is 59.8 cm³/mol. The number of esters is 1. The zero-order chi connectivity index (χ0) is 17.1. The standard InChI is InChI=1S/C11H10F6N2O3/c1-2-21-9(20)7-8(22-11(15,16)17)5(3-18)6(4-19-7)10(12,13)14/h4H,2-3,18H2,1H3. The van der Waals surface area contributed by atoms with Crippen molar-refractivity contribution in [3.63, 3.8) is 0 Å². The fourth-order valence-corrected chi connectivity index (χ4v) is 1.55. The van der Waals surface area contributed by atoms with Crippen molar-refractivity contribution in [2.24, 2.45) is 5.73 Å². The van der Waals surface area contributed by atoms with Gasteiger partial charge in [0.2, 0.25) is 0 Å². The quantitative estimate of drug-likeness (QED) is 0.678. The lowest BCUT2D eigenvalue weighted by Gasteiger charge is -2.19. The summed E-state index contributed by atoms with van der Waals surface area (Å²) in [5.41, 5.74) is 1.48. The molecule has 124 valence electrons. The SMILES string of the molecule is CCOC(=O)c1ncc(C(F)(F)F)c(CN)c1OC(F)(F)F. The van der Waals surface area contributed by atoms with E-state index in [4.69, 9.17) is 5.73 Å².